The van der Waals surface area contributed by atoms with Crippen LogP contribution in [0.2, 0.25) is 5.02 Å². The van der Waals surface area contributed by atoms with E-state index in [0.29, 0.717) is 51.0 Å². The summed E-state index contributed by atoms with van der Waals surface area (Å²) in [6.07, 6.45) is 3.44. The van der Waals surface area contributed by atoms with Gasteiger partial charge >= 0.3 is 0 Å². The number of pyridine rings is 1. The highest BCUT2D eigenvalue weighted by molar-refractivity contribution is 7.91. The summed E-state index contributed by atoms with van der Waals surface area (Å²) < 4.78 is 45.4. The predicted molar refractivity (Wildman–Crippen MR) is 237 cm³/mol. The molecule has 7 rings (SSSR count). The molecule has 0 spiro atoms. The standard InChI is InChI=1S/C41H47ClN6O8S2.2ClH/c1-8-23-18-41(23,38(51)47-58(52,53)26-11-12-26)46-35(49)31-17-25(56-36-28-16-24(42)10-13-27(28)33(55-7)19-43-36)20-48(31)37(50)34(40(3,4)5)45-39-44-30(21-57-39)29-15-22(2)9-14-32(29)54-6;;/h8-10,13-16,19,21,23,25-26,31,34H,1,11-12,17-18,20H2,2-7H3,(H,44,45)(H,46,49)(H,47,51);2*1H/t23-,25-,31+,34-,41-;;/m1../s1. The van der Waals surface area contributed by atoms with E-state index in [1.54, 1.807) is 25.3 Å². The predicted octanol–water partition coefficient (Wildman–Crippen LogP) is 6.73. The van der Waals surface area contributed by atoms with Crippen molar-refractivity contribution in [1.29, 1.82) is 0 Å². The summed E-state index contributed by atoms with van der Waals surface area (Å²) in [5, 5.41) is 9.68. The van der Waals surface area contributed by atoms with Gasteiger partial charge in [0.05, 0.1) is 37.9 Å². The zero-order chi connectivity index (χ0) is 41.7. The van der Waals surface area contributed by atoms with Crippen molar-refractivity contribution in [3.63, 3.8) is 0 Å². The molecule has 4 aromatic rings. The third-order valence-electron chi connectivity index (χ3n) is 10.9. The number of halogens is 3. The molecule has 3 heterocycles. The molecule has 2 aromatic carbocycles. The van der Waals surface area contributed by atoms with Gasteiger partial charge in [0.1, 0.15) is 35.2 Å². The minimum Gasteiger partial charge on any atom is -0.496 e. The Bertz CT molecular complexity index is 2410. The number of rotatable bonds is 14. The molecule has 0 radical (unpaired) electrons. The van der Waals surface area contributed by atoms with Crippen molar-refractivity contribution in [1.82, 2.24) is 24.9 Å². The molecule has 3 amide bonds. The quantitative estimate of drug-likeness (QED) is 0.114. The lowest BCUT2D eigenvalue weighted by Crippen LogP contribution is -2.58. The van der Waals surface area contributed by atoms with Gasteiger partial charge in [0.25, 0.3) is 5.91 Å². The Morgan fingerprint density at radius 2 is 1.78 bits per heavy atom. The number of hydrogen-bond acceptors (Lipinski definition) is 12. The number of methoxy groups -OCH3 is 2. The van der Waals surface area contributed by atoms with Crippen molar-refractivity contribution in [2.75, 3.05) is 26.1 Å². The molecule has 2 aromatic heterocycles. The van der Waals surface area contributed by atoms with Crippen LogP contribution >= 0.6 is 47.8 Å². The summed E-state index contributed by atoms with van der Waals surface area (Å²) >= 11 is 7.72. The first-order valence-electron chi connectivity index (χ1n) is 18.9. The van der Waals surface area contributed by atoms with Crippen molar-refractivity contribution < 1.29 is 37.0 Å². The minimum absolute atomic E-state index is 0. The van der Waals surface area contributed by atoms with Crippen molar-refractivity contribution in [3.8, 4) is 28.6 Å². The van der Waals surface area contributed by atoms with Crippen LogP contribution in [0.15, 0.2) is 60.6 Å². The molecular formula is C41H49Cl3N6O8S2. The van der Waals surface area contributed by atoms with Crippen molar-refractivity contribution >= 4 is 91.4 Å². The monoisotopic (exact) mass is 922 g/mol. The van der Waals surface area contributed by atoms with E-state index in [0.717, 1.165) is 11.1 Å². The molecule has 5 atom stereocenters. The molecule has 14 nitrogen and oxygen atoms in total. The van der Waals surface area contributed by atoms with Gasteiger partial charge in [-0.05, 0) is 61.9 Å². The van der Waals surface area contributed by atoms with Crippen LogP contribution in [0.5, 0.6) is 17.4 Å². The topological polar surface area (TPSA) is 178 Å². The first-order valence-corrected chi connectivity index (χ1v) is 21.8. The number of nitrogens with one attached hydrogen (secondary N) is 3. The Balaban J connectivity index is 0.00000341. The number of anilines is 1. The zero-order valence-corrected chi connectivity index (χ0v) is 38.0. The Morgan fingerprint density at radius 1 is 1.07 bits per heavy atom. The lowest BCUT2D eigenvalue weighted by Gasteiger charge is -2.35. The van der Waals surface area contributed by atoms with Gasteiger partial charge in [-0.25, -0.2) is 18.4 Å². The fourth-order valence-electron chi connectivity index (χ4n) is 7.40. The molecular weight excluding hydrogens is 875 g/mol. The molecule has 1 saturated heterocycles. The summed E-state index contributed by atoms with van der Waals surface area (Å²) in [4.78, 5) is 53.8. The lowest BCUT2D eigenvalue weighted by molar-refractivity contribution is -0.141. The molecule has 3 N–H and O–H groups in total. The summed E-state index contributed by atoms with van der Waals surface area (Å²) in [6.45, 7) is 11.5. The van der Waals surface area contributed by atoms with Crippen LogP contribution in [0.3, 0.4) is 0 Å². The molecule has 0 bridgehead atoms. The molecule has 3 fully saturated rings. The van der Waals surface area contributed by atoms with Gasteiger partial charge in [-0.3, -0.25) is 19.1 Å². The van der Waals surface area contributed by atoms with Gasteiger partial charge in [0.2, 0.25) is 27.7 Å². The smallest absolute Gasteiger partial charge is 0.259 e. The minimum atomic E-state index is -3.90. The van der Waals surface area contributed by atoms with E-state index < -0.39 is 68.1 Å². The third kappa shape index (κ3) is 9.42. The van der Waals surface area contributed by atoms with Crippen LogP contribution < -0.4 is 29.6 Å². The molecule has 2 saturated carbocycles. The number of carbonyl (C=O) groups is 3. The number of amides is 3. The molecule has 2 aliphatic carbocycles. The van der Waals surface area contributed by atoms with Gasteiger partial charge in [0.15, 0.2) is 5.13 Å². The Morgan fingerprint density at radius 3 is 2.42 bits per heavy atom. The number of likely N-dealkylation sites (tertiary alicyclic amines) is 1. The highest BCUT2D eigenvalue weighted by Gasteiger charge is 2.62. The normalized spacial score (nSPS) is 21.4. The number of carbonyl (C=O) groups excluding carboxylic acids is 3. The molecule has 0 unspecified atom stereocenters. The SMILES string of the molecule is C=C[C@@H]1C[C@]1(NC(=O)[C@@H]1C[C@@H](Oc2ncc(OC)c3ccc(Cl)cc23)CN1C(=O)[C@@H](Nc1nc(-c2cc(C)ccc2OC)cs1)C(C)(C)C)C(=O)NS(=O)(=O)C1CC1.Cl.Cl. The molecule has 3 aliphatic rings. The number of fused-ring (bicyclic) bond motifs is 1. The van der Waals surface area contributed by atoms with Crippen molar-refractivity contribution in [2.45, 2.75) is 82.4 Å². The van der Waals surface area contributed by atoms with Crippen LogP contribution in [-0.4, -0.2) is 90.7 Å². The number of aryl methyl sites for hydroxylation is 1. The van der Waals surface area contributed by atoms with E-state index in [-0.39, 0.29) is 50.1 Å². The molecule has 60 heavy (non-hydrogen) atoms. The number of ether oxygens (including phenoxy) is 3. The number of sulfonamides is 1. The van der Waals surface area contributed by atoms with Gasteiger partial charge in [-0.1, -0.05) is 50.1 Å². The average molecular weight is 924 g/mol. The summed E-state index contributed by atoms with van der Waals surface area (Å²) in [5.41, 5.74) is 0.286. The third-order valence-corrected chi connectivity index (χ3v) is 13.7. The number of nitrogens with zero attached hydrogens (tertiary/aromatic N) is 3. The fourth-order valence-corrected chi connectivity index (χ4v) is 9.67. The second-order valence-corrected chi connectivity index (χ2v) is 19.4. The van der Waals surface area contributed by atoms with E-state index in [1.807, 2.05) is 51.3 Å². The highest BCUT2D eigenvalue weighted by Crippen LogP contribution is 2.46. The number of benzene rings is 2. The van der Waals surface area contributed by atoms with Crippen LogP contribution in [0.1, 0.15) is 52.0 Å². The van der Waals surface area contributed by atoms with Gasteiger partial charge < -0.3 is 29.7 Å². The average Bonchev–Trinajstić information content (AvgIpc) is 4.07. The van der Waals surface area contributed by atoms with Crippen LogP contribution in [-0.2, 0) is 24.4 Å². The first-order chi connectivity index (χ1) is 27.5. The fraction of sp³-hybridized carbons (Fsp3) is 0.439. The van der Waals surface area contributed by atoms with Crippen LogP contribution in [0.25, 0.3) is 22.0 Å². The van der Waals surface area contributed by atoms with E-state index in [4.69, 9.17) is 30.8 Å². The largest absolute Gasteiger partial charge is 0.496 e. The summed E-state index contributed by atoms with van der Waals surface area (Å²) in [5.74, 6) is -0.962. The first kappa shape index (κ1) is 46.7. The van der Waals surface area contributed by atoms with Gasteiger partial charge in [-0.15, -0.1) is 42.7 Å². The Hall–Kier alpha value is -4.35. The maximum Gasteiger partial charge on any atom is 0.259 e. The number of aromatic nitrogens is 2. The Kier molecular flexibility index (Phi) is 14.0. The molecule has 324 valence electrons. The molecule has 1 aliphatic heterocycles. The van der Waals surface area contributed by atoms with E-state index in [9.17, 15) is 22.8 Å². The highest BCUT2D eigenvalue weighted by atomic mass is 35.5. The second kappa shape index (κ2) is 17.9. The maximum atomic E-state index is 14.9. The van der Waals surface area contributed by atoms with E-state index in [1.165, 1.54) is 35.6 Å². The van der Waals surface area contributed by atoms with Gasteiger partial charge in [-0.2, -0.15) is 0 Å². The van der Waals surface area contributed by atoms with Gasteiger partial charge in [0, 0.05) is 39.1 Å². The maximum absolute atomic E-state index is 14.9. The van der Waals surface area contributed by atoms with Crippen LogP contribution in [0.4, 0.5) is 5.13 Å². The lowest BCUT2D eigenvalue weighted by atomic mass is 9.85. The van der Waals surface area contributed by atoms with E-state index >= 15 is 0 Å². The zero-order valence-electron chi connectivity index (χ0n) is 33.9. The number of hydrogen-bond donors (Lipinski definition) is 3. The van der Waals surface area contributed by atoms with E-state index in [2.05, 4.69) is 26.9 Å². The van der Waals surface area contributed by atoms with Crippen molar-refractivity contribution in [2.24, 2.45) is 11.3 Å². The van der Waals surface area contributed by atoms with Crippen LogP contribution in [0, 0.1) is 18.3 Å². The molecule has 19 heteroatoms. The Labute approximate surface area is 371 Å². The van der Waals surface area contributed by atoms with Crippen molar-refractivity contribution in [3.05, 3.63) is 71.2 Å². The number of thiazole rings is 1. The second-order valence-electron chi connectivity index (χ2n) is 16.2. The summed E-state index contributed by atoms with van der Waals surface area (Å²) in [7, 11) is -0.772. The summed E-state index contributed by atoms with van der Waals surface area (Å²) in [6, 6.07) is 9.06.